The SMILES string of the molecule is CCOC(=O)c1c(NC(=O)Cc2ccc([N+](=O)[O-])cc2)sc2c1CCCCCC2. The standard InChI is InChI=1S/C21H24N2O5S/c1-2-28-21(25)19-16-7-5-3-4-6-8-17(16)29-20(19)22-18(24)13-14-9-11-15(12-10-14)23(26)27/h9-12H,2-8,13H2,1H3,(H,22,24). The summed E-state index contributed by atoms with van der Waals surface area (Å²) in [4.78, 5) is 36.6. The zero-order valence-electron chi connectivity index (χ0n) is 16.4. The van der Waals surface area contributed by atoms with Crippen LogP contribution in [0.25, 0.3) is 0 Å². The minimum atomic E-state index is -0.475. The minimum Gasteiger partial charge on any atom is -0.462 e. The highest BCUT2D eigenvalue weighted by atomic mass is 32.1. The smallest absolute Gasteiger partial charge is 0.341 e. The van der Waals surface area contributed by atoms with E-state index in [1.165, 1.54) is 29.9 Å². The summed E-state index contributed by atoms with van der Waals surface area (Å²) in [6, 6.07) is 5.89. The van der Waals surface area contributed by atoms with Gasteiger partial charge in [0, 0.05) is 17.0 Å². The molecule has 1 aromatic heterocycles. The molecule has 29 heavy (non-hydrogen) atoms. The molecule has 1 aromatic carbocycles. The average molecular weight is 416 g/mol. The molecule has 0 unspecified atom stereocenters. The first-order valence-corrected chi connectivity index (χ1v) is 10.7. The lowest BCUT2D eigenvalue weighted by Gasteiger charge is -2.11. The third-order valence-corrected chi connectivity index (χ3v) is 6.12. The number of non-ortho nitro benzene ring substituents is 1. The van der Waals surface area contributed by atoms with Gasteiger partial charge in [-0.05, 0) is 43.7 Å². The Hall–Kier alpha value is -2.74. The van der Waals surface area contributed by atoms with Crippen LogP contribution in [0.15, 0.2) is 24.3 Å². The molecular weight excluding hydrogens is 392 g/mol. The van der Waals surface area contributed by atoms with Crippen LogP contribution >= 0.6 is 11.3 Å². The fourth-order valence-electron chi connectivity index (χ4n) is 3.52. The van der Waals surface area contributed by atoms with E-state index in [2.05, 4.69) is 5.32 Å². The second-order valence-electron chi connectivity index (χ2n) is 6.99. The lowest BCUT2D eigenvalue weighted by atomic mass is 9.96. The van der Waals surface area contributed by atoms with Gasteiger partial charge in [0.1, 0.15) is 5.00 Å². The molecule has 0 bridgehead atoms. The predicted molar refractivity (Wildman–Crippen MR) is 112 cm³/mol. The van der Waals surface area contributed by atoms with Crippen LogP contribution in [-0.2, 0) is 28.8 Å². The van der Waals surface area contributed by atoms with Crippen molar-refractivity contribution in [3.63, 3.8) is 0 Å². The number of carbonyl (C=O) groups excluding carboxylic acids is 2. The molecule has 1 aliphatic rings. The Bertz CT molecular complexity index is 905. The first-order valence-electron chi connectivity index (χ1n) is 9.84. The number of benzene rings is 1. The number of carbonyl (C=O) groups is 2. The van der Waals surface area contributed by atoms with Crippen molar-refractivity contribution in [2.75, 3.05) is 11.9 Å². The monoisotopic (exact) mass is 416 g/mol. The van der Waals surface area contributed by atoms with E-state index in [0.717, 1.165) is 42.5 Å². The maximum absolute atomic E-state index is 12.6. The summed E-state index contributed by atoms with van der Waals surface area (Å²) < 4.78 is 5.25. The fraction of sp³-hybridized carbons (Fsp3) is 0.429. The molecule has 3 rings (SSSR count). The first kappa shape index (κ1) is 21.0. The first-order chi connectivity index (χ1) is 14.0. The van der Waals surface area contributed by atoms with Crippen LogP contribution in [0.3, 0.4) is 0 Å². The predicted octanol–water partition coefficient (Wildman–Crippen LogP) is 4.67. The summed E-state index contributed by atoms with van der Waals surface area (Å²) in [6.07, 6.45) is 6.21. The molecule has 2 aromatic rings. The fourth-order valence-corrected chi connectivity index (χ4v) is 4.81. The summed E-state index contributed by atoms with van der Waals surface area (Å²) >= 11 is 1.46. The van der Waals surface area contributed by atoms with Gasteiger partial charge in [-0.15, -0.1) is 11.3 Å². The number of thiophene rings is 1. The van der Waals surface area contributed by atoms with Crippen molar-refractivity contribution >= 4 is 33.9 Å². The van der Waals surface area contributed by atoms with E-state index in [-0.39, 0.29) is 24.6 Å². The van der Waals surface area contributed by atoms with Gasteiger partial charge < -0.3 is 10.1 Å². The van der Waals surface area contributed by atoms with Gasteiger partial charge in [0.25, 0.3) is 5.69 Å². The molecule has 0 aliphatic heterocycles. The zero-order chi connectivity index (χ0) is 20.8. The topological polar surface area (TPSA) is 98.5 Å². The molecule has 7 nitrogen and oxygen atoms in total. The van der Waals surface area contributed by atoms with Crippen molar-refractivity contribution in [3.8, 4) is 0 Å². The van der Waals surface area contributed by atoms with Gasteiger partial charge in [-0.2, -0.15) is 0 Å². The number of anilines is 1. The van der Waals surface area contributed by atoms with Gasteiger partial charge in [-0.1, -0.05) is 25.0 Å². The Morgan fingerprint density at radius 2 is 1.83 bits per heavy atom. The third-order valence-electron chi connectivity index (χ3n) is 4.92. The summed E-state index contributed by atoms with van der Waals surface area (Å²) in [5, 5.41) is 14.2. The number of esters is 1. The number of fused-ring (bicyclic) bond motifs is 1. The van der Waals surface area contributed by atoms with E-state index in [0.29, 0.717) is 16.1 Å². The van der Waals surface area contributed by atoms with Gasteiger partial charge >= 0.3 is 5.97 Å². The number of hydrogen-bond acceptors (Lipinski definition) is 6. The number of hydrogen-bond donors (Lipinski definition) is 1. The Morgan fingerprint density at radius 3 is 2.48 bits per heavy atom. The molecule has 0 atom stereocenters. The average Bonchev–Trinajstić information content (AvgIpc) is 2.98. The molecule has 1 N–H and O–H groups in total. The molecule has 154 valence electrons. The molecule has 0 spiro atoms. The molecule has 0 fully saturated rings. The van der Waals surface area contributed by atoms with Crippen molar-refractivity contribution in [1.29, 1.82) is 0 Å². The van der Waals surface area contributed by atoms with Crippen molar-refractivity contribution in [2.45, 2.75) is 51.9 Å². The quantitative estimate of drug-likeness (QED) is 0.419. The van der Waals surface area contributed by atoms with Gasteiger partial charge in [0.15, 0.2) is 0 Å². The molecule has 0 radical (unpaired) electrons. The number of nitro groups is 1. The Morgan fingerprint density at radius 1 is 1.14 bits per heavy atom. The van der Waals surface area contributed by atoms with Gasteiger partial charge in [0.2, 0.25) is 5.91 Å². The number of nitrogens with zero attached hydrogens (tertiary/aromatic N) is 1. The number of nitrogens with one attached hydrogen (secondary N) is 1. The van der Waals surface area contributed by atoms with E-state index >= 15 is 0 Å². The minimum absolute atomic E-state index is 0.0168. The Labute approximate surface area is 173 Å². The van der Waals surface area contributed by atoms with Crippen LogP contribution in [0.1, 0.15) is 59.0 Å². The van der Waals surface area contributed by atoms with Crippen molar-refractivity contribution in [1.82, 2.24) is 0 Å². The summed E-state index contributed by atoms with van der Waals surface area (Å²) in [6.45, 7) is 2.04. The largest absolute Gasteiger partial charge is 0.462 e. The lowest BCUT2D eigenvalue weighted by molar-refractivity contribution is -0.384. The second kappa shape index (κ2) is 9.65. The van der Waals surface area contributed by atoms with Crippen LogP contribution in [-0.4, -0.2) is 23.4 Å². The van der Waals surface area contributed by atoms with Crippen LogP contribution in [0.4, 0.5) is 10.7 Å². The Kier molecular flexibility index (Phi) is 6.98. The van der Waals surface area contributed by atoms with E-state index in [1.807, 2.05) is 0 Å². The van der Waals surface area contributed by atoms with Gasteiger partial charge in [0.05, 0.1) is 23.5 Å². The van der Waals surface area contributed by atoms with Crippen LogP contribution in [0.5, 0.6) is 0 Å². The normalized spacial score (nSPS) is 13.7. The van der Waals surface area contributed by atoms with E-state index < -0.39 is 10.9 Å². The molecular formula is C21H24N2O5S. The van der Waals surface area contributed by atoms with Gasteiger partial charge in [-0.25, -0.2) is 4.79 Å². The highest BCUT2D eigenvalue weighted by molar-refractivity contribution is 7.17. The molecule has 8 heteroatoms. The van der Waals surface area contributed by atoms with E-state index in [1.54, 1.807) is 19.1 Å². The number of aryl methyl sites for hydroxylation is 1. The summed E-state index contributed by atoms with van der Waals surface area (Å²) in [5.74, 6) is -0.658. The zero-order valence-corrected chi connectivity index (χ0v) is 17.2. The molecule has 1 amide bonds. The van der Waals surface area contributed by atoms with Crippen molar-refractivity contribution < 1.29 is 19.2 Å². The molecule has 1 heterocycles. The van der Waals surface area contributed by atoms with Crippen LogP contribution in [0, 0.1) is 10.1 Å². The van der Waals surface area contributed by atoms with Gasteiger partial charge in [-0.3, -0.25) is 14.9 Å². The second-order valence-corrected chi connectivity index (χ2v) is 8.10. The lowest BCUT2D eigenvalue weighted by Crippen LogP contribution is -2.17. The van der Waals surface area contributed by atoms with E-state index in [4.69, 9.17) is 4.74 Å². The molecule has 0 saturated carbocycles. The number of amides is 1. The van der Waals surface area contributed by atoms with Crippen molar-refractivity contribution in [2.24, 2.45) is 0 Å². The highest BCUT2D eigenvalue weighted by Gasteiger charge is 2.26. The molecule has 0 saturated heterocycles. The van der Waals surface area contributed by atoms with Crippen LogP contribution in [0.2, 0.25) is 0 Å². The maximum Gasteiger partial charge on any atom is 0.341 e. The van der Waals surface area contributed by atoms with Crippen molar-refractivity contribution in [3.05, 3.63) is 55.9 Å². The van der Waals surface area contributed by atoms with E-state index in [9.17, 15) is 19.7 Å². The molecule has 1 aliphatic carbocycles. The highest BCUT2D eigenvalue weighted by Crippen LogP contribution is 2.37. The number of nitro benzene ring substituents is 1. The Balaban J connectivity index is 1.81. The third kappa shape index (κ3) is 5.20. The summed E-state index contributed by atoms with van der Waals surface area (Å²) in [7, 11) is 0. The van der Waals surface area contributed by atoms with Crippen LogP contribution < -0.4 is 5.32 Å². The number of rotatable bonds is 6. The maximum atomic E-state index is 12.6. The summed E-state index contributed by atoms with van der Waals surface area (Å²) in [5.41, 5.74) is 2.15. The number of ether oxygens (including phenoxy) is 1.